The molecule has 2 aromatic rings. The summed E-state index contributed by atoms with van der Waals surface area (Å²) in [5, 5.41) is 12.4. The summed E-state index contributed by atoms with van der Waals surface area (Å²) >= 11 is 5.60. The van der Waals surface area contributed by atoms with Crippen LogP contribution in [0.2, 0.25) is 0 Å². The average molecular weight is 503 g/mol. The lowest BCUT2D eigenvalue weighted by Gasteiger charge is -2.42. The van der Waals surface area contributed by atoms with Gasteiger partial charge in [-0.05, 0) is 69.5 Å². The van der Waals surface area contributed by atoms with Crippen LogP contribution in [-0.2, 0) is 11.0 Å². The van der Waals surface area contributed by atoms with Crippen molar-refractivity contribution in [3.05, 3.63) is 41.9 Å². The van der Waals surface area contributed by atoms with Crippen LogP contribution in [0.5, 0.6) is 5.88 Å². The van der Waals surface area contributed by atoms with E-state index in [-0.39, 0.29) is 16.9 Å². The van der Waals surface area contributed by atoms with Gasteiger partial charge in [0.25, 0.3) is 5.91 Å². The third-order valence-electron chi connectivity index (χ3n) is 6.69. The molecule has 4 heterocycles. The SMILES string of the molecule is N#Cc1ncc(N2C(=O)C3(CCC3)N(c3ccc(OC4CCNCC4)nc3)C2=S)cc1C(F)(F)F. The number of hydrogen-bond donors (Lipinski definition) is 1. The van der Waals surface area contributed by atoms with Crippen LogP contribution in [-0.4, -0.2) is 45.7 Å². The number of alkyl halides is 3. The fraction of sp³-hybridized carbons (Fsp3) is 0.435. The molecular formula is C23H21F3N6O2S. The third kappa shape index (κ3) is 3.98. The van der Waals surface area contributed by atoms with Crippen molar-refractivity contribution in [1.29, 1.82) is 5.26 Å². The van der Waals surface area contributed by atoms with Gasteiger partial charge < -0.3 is 15.0 Å². The highest BCUT2D eigenvalue weighted by Crippen LogP contribution is 2.48. The summed E-state index contributed by atoms with van der Waals surface area (Å²) in [6.07, 6.45) is 1.46. The van der Waals surface area contributed by atoms with Gasteiger partial charge in [-0.3, -0.25) is 9.69 Å². The van der Waals surface area contributed by atoms with Gasteiger partial charge in [0.2, 0.25) is 5.88 Å². The minimum Gasteiger partial charge on any atom is -0.474 e. The van der Waals surface area contributed by atoms with Crippen LogP contribution in [0, 0.1) is 11.3 Å². The average Bonchev–Trinajstić information content (AvgIpc) is 3.06. The molecule has 3 aliphatic rings. The Morgan fingerprint density at radius 1 is 1.17 bits per heavy atom. The Morgan fingerprint density at radius 3 is 2.46 bits per heavy atom. The van der Waals surface area contributed by atoms with Crippen LogP contribution >= 0.6 is 12.2 Å². The van der Waals surface area contributed by atoms with Gasteiger partial charge in [-0.2, -0.15) is 18.4 Å². The Morgan fingerprint density at radius 2 is 1.89 bits per heavy atom. The molecule has 1 amide bonds. The fourth-order valence-electron chi connectivity index (χ4n) is 4.75. The summed E-state index contributed by atoms with van der Waals surface area (Å²) in [5.74, 6) is 0.0473. The number of amides is 1. The van der Waals surface area contributed by atoms with E-state index in [0.29, 0.717) is 24.4 Å². The molecule has 1 aliphatic carbocycles. The van der Waals surface area contributed by atoms with E-state index < -0.39 is 28.9 Å². The number of piperidine rings is 1. The topological polar surface area (TPSA) is 94.4 Å². The molecule has 3 fully saturated rings. The molecule has 182 valence electrons. The Bertz CT molecular complexity index is 1200. The molecule has 0 aromatic carbocycles. The summed E-state index contributed by atoms with van der Waals surface area (Å²) < 4.78 is 46.5. The highest BCUT2D eigenvalue weighted by atomic mass is 32.1. The summed E-state index contributed by atoms with van der Waals surface area (Å²) in [6, 6.07) is 5.67. The first-order chi connectivity index (χ1) is 16.7. The predicted molar refractivity (Wildman–Crippen MR) is 124 cm³/mol. The van der Waals surface area contributed by atoms with E-state index in [0.717, 1.165) is 49.5 Å². The van der Waals surface area contributed by atoms with Crippen LogP contribution in [0.25, 0.3) is 0 Å². The second kappa shape index (κ2) is 8.73. The molecule has 2 aromatic heterocycles. The molecule has 1 spiro atoms. The first-order valence-corrected chi connectivity index (χ1v) is 11.6. The van der Waals surface area contributed by atoms with Crippen LogP contribution < -0.4 is 19.9 Å². The highest BCUT2D eigenvalue weighted by molar-refractivity contribution is 7.81. The lowest BCUT2D eigenvalue weighted by molar-refractivity contribution is -0.138. The number of anilines is 2. The largest absolute Gasteiger partial charge is 0.474 e. The lowest BCUT2D eigenvalue weighted by Crippen LogP contribution is -2.55. The minimum atomic E-state index is -4.81. The van der Waals surface area contributed by atoms with Crippen molar-refractivity contribution in [2.45, 2.75) is 49.9 Å². The molecule has 2 aliphatic heterocycles. The number of nitriles is 1. The number of rotatable bonds is 4. The number of carbonyl (C=O) groups excluding carboxylic acids is 1. The van der Waals surface area contributed by atoms with E-state index in [9.17, 15) is 18.0 Å². The smallest absolute Gasteiger partial charge is 0.419 e. The number of thiocarbonyl (C=S) groups is 1. The molecule has 0 bridgehead atoms. The Balaban J connectivity index is 1.46. The van der Waals surface area contributed by atoms with E-state index in [4.69, 9.17) is 22.2 Å². The van der Waals surface area contributed by atoms with Crippen molar-refractivity contribution in [1.82, 2.24) is 15.3 Å². The van der Waals surface area contributed by atoms with Crippen molar-refractivity contribution in [2.75, 3.05) is 22.9 Å². The Hall–Kier alpha value is -3.30. The second-order valence-corrected chi connectivity index (χ2v) is 9.13. The summed E-state index contributed by atoms with van der Waals surface area (Å²) in [4.78, 5) is 24.3. The van der Waals surface area contributed by atoms with Crippen molar-refractivity contribution in [3.63, 3.8) is 0 Å². The maximum absolute atomic E-state index is 13.5. The molecule has 0 radical (unpaired) electrons. The minimum absolute atomic E-state index is 0.0446. The molecule has 5 rings (SSSR count). The van der Waals surface area contributed by atoms with E-state index >= 15 is 0 Å². The number of nitrogens with one attached hydrogen (secondary N) is 1. The molecule has 1 N–H and O–H groups in total. The molecule has 0 atom stereocenters. The predicted octanol–water partition coefficient (Wildman–Crippen LogP) is 3.56. The van der Waals surface area contributed by atoms with Gasteiger partial charge >= 0.3 is 6.18 Å². The van der Waals surface area contributed by atoms with Crippen molar-refractivity contribution >= 4 is 34.6 Å². The maximum atomic E-state index is 13.5. The van der Waals surface area contributed by atoms with Crippen molar-refractivity contribution in [2.24, 2.45) is 0 Å². The number of halogens is 3. The quantitative estimate of drug-likeness (QED) is 0.635. The standard InChI is InChI=1S/C23H21F3N6O2S/c24-23(25,26)17-10-15(13-29-18(17)11-27)31-20(33)22(6-1-7-22)32(21(31)35)14-2-3-19(30-12-14)34-16-4-8-28-9-5-16/h2-3,10,12-13,16,28H,1,4-9H2. The first-order valence-electron chi connectivity index (χ1n) is 11.2. The van der Waals surface area contributed by atoms with E-state index in [1.54, 1.807) is 23.2 Å². The monoisotopic (exact) mass is 502 g/mol. The molecule has 1 saturated carbocycles. The zero-order valence-corrected chi connectivity index (χ0v) is 19.3. The first kappa shape index (κ1) is 23.4. The van der Waals surface area contributed by atoms with Gasteiger partial charge in [-0.15, -0.1) is 0 Å². The van der Waals surface area contributed by atoms with Crippen LogP contribution in [0.1, 0.15) is 43.4 Å². The third-order valence-corrected chi connectivity index (χ3v) is 7.05. The summed E-state index contributed by atoms with van der Waals surface area (Å²) in [5.41, 5.74) is -2.53. The Labute approximate surface area is 204 Å². The molecule has 35 heavy (non-hydrogen) atoms. The zero-order chi connectivity index (χ0) is 24.8. The molecule has 8 nitrogen and oxygen atoms in total. The van der Waals surface area contributed by atoms with Gasteiger partial charge in [0.15, 0.2) is 10.8 Å². The zero-order valence-electron chi connectivity index (χ0n) is 18.5. The fourth-order valence-corrected chi connectivity index (χ4v) is 5.22. The van der Waals surface area contributed by atoms with Crippen molar-refractivity contribution in [3.8, 4) is 11.9 Å². The van der Waals surface area contributed by atoms with E-state index in [1.807, 2.05) is 0 Å². The molecular weight excluding hydrogens is 481 g/mol. The van der Waals surface area contributed by atoms with Gasteiger partial charge in [0.05, 0.1) is 29.3 Å². The van der Waals surface area contributed by atoms with Gasteiger partial charge in [0, 0.05) is 6.07 Å². The van der Waals surface area contributed by atoms with Gasteiger partial charge in [0.1, 0.15) is 17.7 Å². The van der Waals surface area contributed by atoms with Crippen LogP contribution in [0.3, 0.4) is 0 Å². The van der Waals surface area contributed by atoms with E-state index in [2.05, 4.69) is 15.3 Å². The molecule has 0 unspecified atom stereocenters. The number of carbonyl (C=O) groups is 1. The van der Waals surface area contributed by atoms with Crippen molar-refractivity contribution < 1.29 is 22.7 Å². The second-order valence-electron chi connectivity index (χ2n) is 8.76. The van der Waals surface area contributed by atoms with Gasteiger partial charge in [-0.1, -0.05) is 0 Å². The van der Waals surface area contributed by atoms with Gasteiger partial charge in [-0.25, -0.2) is 9.97 Å². The summed E-state index contributed by atoms with van der Waals surface area (Å²) in [6.45, 7) is 1.76. The van der Waals surface area contributed by atoms with E-state index in [1.165, 1.54) is 6.07 Å². The van der Waals surface area contributed by atoms with Crippen LogP contribution in [0.4, 0.5) is 24.5 Å². The number of hydrogen-bond acceptors (Lipinski definition) is 7. The number of ether oxygens (including phenoxy) is 1. The molecule has 12 heteroatoms. The summed E-state index contributed by atoms with van der Waals surface area (Å²) in [7, 11) is 0. The number of nitrogens with zero attached hydrogens (tertiary/aromatic N) is 5. The molecule has 2 saturated heterocycles. The Kier molecular flexibility index (Phi) is 5.85. The van der Waals surface area contributed by atoms with Crippen LogP contribution in [0.15, 0.2) is 30.6 Å². The maximum Gasteiger partial charge on any atom is 0.419 e. The highest BCUT2D eigenvalue weighted by Gasteiger charge is 2.60. The normalized spacial score (nSPS) is 20.2. The number of pyridine rings is 2. The number of aromatic nitrogens is 2. The lowest BCUT2D eigenvalue weighted by atomic mass is 9.75.